The molecule has 0 saturated carbocycles. The van der Waals surface area contributed by atoms with Gasteiger partial charge in [-0.25, -0.2) is 8.42 Å². The zero-order chi connectivity index (χ0) is 19.8. The second-order valence-electron chi connectivity index (χ2n) is 7.69. The van der Waals surface area contributed by atoms with Crippen LogP contribution in [0.2, 0.25) is 5.02 Å². The van der Waals surface area contributed by atoms with Crippen LogP contribution < -0.4 is 9.62 Å². The Morgan fingerprint density at radius 1 is 1.11 bits per heavy atom. The molecule has 0 spiro atoms. The predicted molar refractivity (Wildman–Crippen MR) is 110 cm³/mol. The Balaban J connectivity index is 1.77. The van der Waals surface area contributed by atoms with Crippen molar-refractivity contribution in [2.45, 2.75) is 32.6 Å². The number of rotatable bonds is 3. The number of nitrogens with zero attached hydrogens (tertiary/aromatic N) is 1. The SMILES string of the molecule is CC(C)(C)c1ccc(C(=O)Nc2ccc(N3CCCS3(=O)=O)cc2Cl)cc1. The van der Waals surface area contributed by atoms with E-state index in [9.17, 15) is 13.2 Å². The summed E-state index contributed by atoms with van der Waals surface area (Å²) in [5, 5.41) is 3.08. The molecule has 27 heavy (non-hydrogen) atoms. The molecule has 2 aromatic rings. The Kier molecular flexibility index (Phi) is 5.23. The number of benzene rings is 2. The van der Waals surface area contributed by atoms with Crippen LogP contribution in [0.5, 0.6) is 0 Å². The van der Waals surface area contributed by atoms with Crippen molar-refractivity contribution in [3.05, 3.63) is 58.6 Å². The molecule has 3 rings (SSSR count). The van der Waals surface area contributed by atoms with E-state index < -0.39 is 10.0 Å². The van der Waals surface area contributed by atoms with E-state index in [-0.39, 0.29) is 17.1 Å². The van der Waals surface area contributed by atoms with Crippen LogP contribution in [0.15, 0.2) is 42.5 Å². The number of hydrogen-bond donors (Lipinski definition) is 1. The van der Waals surface area contributed by atoms with Gasteiger partial charge in [-0.2, -0.15) is 0 Å². The monoisotopic (exact) mass is 406 g/mol. The second kappa shape index (κ2) is 7.17. The van der Waals surface area contributed by atoms with Crippen LogP contribution in [0.25, 0.3) is 0 Å². The molecule has 1 N–H and O–H groups in total. The zero-order valence-corrected chi connectivity index (χ0v) is 17.2. The van der Waals surface area contributed by atoms with Crippen LogP contribution in [0.4, 0.5) is 11.4 Å². The number of anilines is 2. The highest BCUT2D eigenvalue weighted by Crippen LogP contribution is 2.31. The highest BCUT2D eigenvalue weighted by Gasteiger charge is 2.28. The topological polar surface area (TPSA) is 66.5 Å². The van der Waals surface area contributed by atoms with E-state index in [0.29, 0.717) is 34.9 Å². The molecule has 1 fully saturated rings. The maximum absolute atomic E-state index is 12.5. The maximum Gasteiger partial charge on any atom is 0.255 e. The van der Waals surface area contributed by atoms with Crippen molar-refractivity contribution in [1.82, 2.24) is 0 Å². The minimum atomic E-state index is -3.26. The lowest BCUT2D eigenvalue weighted by molar-refractivity contribution is 0.102. The molecular formula is C20H23ClN2O3S. The molecule has 1 saturated heterocycles. The molecule has 7 heteroatoms. The van der Waals surface area contributed by atoms with Gasteiger partial charge in [-0.1, -0.05) is 44.5 Å². The number of hydrogen-bond acceptors (Lipinski definition) is 3. The first kappa shape index (κ1) is 19.7. The van der Waals surface area contributed by atoms with Gasteiger partial charge in [0.1, 0.15) is 0 Å². The van der Waals surface area contributed by atoms with Gasteiger partial charge >= 0.3 is 0 Å². The molecule has 5 nitrogen and oxygen atoms in total. The minimum absolute atomic E-state index is 0.0179. The summed E-state index contributed by atoms with van der Waals surface area (Å²) in [5.74, 6) is -0.118. The van der Waals surface area contributed by atoms with Gasteiger partial charge < -0.3 is 5.32 Å². The third-order valence-corrected chi connectivity index (χ3v) is 6.78. The fourth-order valence-electron chi connectivity index (χ4n) is 3.01. The van der Waals surface area contributed by atoms with Gasteiger partial charge in [0.05, 0.1) is 22.2 Å². The molecule has 1 heterocycles. The van der Waals surface area contributed by atoms with Gasteiger partial charge in [-0.3, -0.25) is 9.10 Å². The molecule has 0 bridgehead atoms. The molecule has 1 amide bonds. The van der Waals surface area contributed by atoms with Crippen molar-refractivity contribution in [3.8, 4) is 0 Å². The van der Waals surface area contributed by atoms with Crippen molar-refractivity contribution in [2.24, 2.45) is 0 Å². The smallest absolute Gasteiger partial charge is 0.255 e. The maximum atomic E-state index is 12.5. The Morgan fingerprint density at radius 2 is 1.78 bits per heavy atom. The van der Waals surface area contributed by atoms with Crippen LogP contribution in [0.3, 0.4) is 0 Å². The lowest BCUT2D eigenvalue weighted by atomic mass is 9.87. The standard InChI is InChI=1S/C20H23ClN2O3S/c1-20(2,3)15-7-5-14(6-8-15)19(24)22-18-10-9-16(13-17(18)21)23-11-4-12-27(23,25)26/h5-10,13H,4,11-12H2,1-3H3,(H,22,24). The quantitative estimate of drug-likeness (QED) is 0.819. The average Bonchev–Trinajstić information content (AvgIpc) is 2.95. The number of carbonyl (C=O) groups excluding carboxylic acids is 1. The van der Waals surface area contributed by atoms with E-state index >= 15 is 0 Å². The first-order chi connectivity index (χ1) is 12.6. The second-order valence-corrected chi connectivity index (χ2v) is 10.1. The normalized spacial score (nSPS) is 16.4. The molecule has 0 radical (unpaired) electrons. The van der Waals surface area contributed by atoms with Crippen molar-refractivity contribution in [3.63, 3.8) is 0 Å². The molecule has 144 valence electrons. The fourth-order valence-corrected chi connectivity index (χ4v) is 4.78. The van der Waals surface area contributed by atoms with Gasteiger partial charge in [-0.15, -0.1) is 0 Å². The van der Waals surface area contributed by atoms with Crippen molar-refractivity contribution in [1.29, 1.82) is 0 Å². The molecule has 0 atom stereocenters. The van der Waals surface area contributed by atoms with E-state index in [1.165, 1.54) is 4.31 Å². The highest BCUT2D eigenvalue weighted by molar-refractivity contribution is 7.93. The fraction of sp³-hybridized carbons (Fsp3) is 0.350. The third-order valence-electron chi connectivity index (χ3n) is 4.60. The zero-order valence-electron chi connectivity index (χ0n) is 15.6. The summed E-state index contributed by atoms with van der Waals surface area (Å²) in [6.07, 6.45) is 0.600. The number of nitrogens with one attached hydrogen (secondary N) is 1. The van der Waals surface area contributed by atoms with E-state index in [1.54, 1.807) is 30.3 Å². The highest BCUT2D eigenvalue weighted by atomic mass is 35.5. The molecule has 0 aliphatic carbocycles. The Labute approximate surface area is 165 Å². The Hall–Kier alpha value is -2.05. The summed E-state index contributed by atoms with van der Waals surface area (Å²) < 4.78 is 25.4. The number of sulfonamides is 1. The minimum Gasteiger partial charge on any atom is -0.321 e. The van der Waals surface area contributed by atoms with Crippen LogP contribution >= 0.6 is 11.6 Å². The summed E-state index contributed by atoms with van der Waals surface area (Å²) in [6.45, 7) is 6.79. The number of halogens is 1. The van der Waals surface area contributed by atoms with Crippen molar-refractivity contribution < 1.29 is 13.2 Å². The van der Waals surface area contributed by atoms with Gasteiger partial charge in [-0.05, 0) is 47.7 Å². The first-order valence-electron chi connectivity index (χ1n) is 8.80. The predicted octanol–water partition coefficient (Wildman–Crippen LogP) is 4.43. The molecule has 1 aliphatic rings. The molecule has 0 unspecified atom stereocenters. The van der Waals surface area contributed by atoms with E-state index in [2.05, 4.69) is 26.1 Å². The summed E-state index contributed by atoms with van der Waals surface area (Å²) in [7, 11) is -3.26. The van der Waals surface area contributed by atoms with Gasteiger partial charge in [0.25, 0.3) is 5.91 Å². The lowest BCUT2D eigenvalue weighted by Gasteiger charge is -2.19. The Morgan fingerprint density at radius 3 is 2.30 bits per heavy atom. The summed E-state index contributed by atoms with van der Waals surface area (Å²) in [6, 6.07) is 12.3. The number of carbonyl (C=O) groups is 1. The van der Waals surface area contributed by atoms with Crippen molar-refractivity contribution >= 4 is 38.9 Å². The molecule has 0 aromatic heterocycles. The van der Waals surface area contributed by atoms with Crippen LogP contribution in [0, 0.1) is 0 Å². The molecular weight excluding hydrogens is 384 g/mol. The molecule has 2 aromatic carbocycles. The lowest BCUT2D eigenvalue weighted by Crippen LogP contribution is -2.25. The summed E-state index contributed by atoms with van der Waals surface area (Å²) >= 11 is 6.28. The van der Waals surface area contributed by atoms with Crippen molar-refractivity contribution in [2.75, 3.05) is 21.9 Å². The van der Waals surface area contributed by atoms with E-state index in [0.717, 1.165) is 5.56 Å². The summed E-state index contributed by atoms with van der Waals surface area (Å²) in [5.41, 5.74) is 2.66. The summed E-state index contributed by atoms with van der Waals surface area (Å²) in [4.78, 5) is 12.5. The van der Waals surface area contributed by atoms with Gasteiger partial charge in [0.2, 0.25) is 10.0 Å². The first-order valence-corrected chi connectivity index (χ1v) is 10.8. The molecule has 1 aliphatic heterocycles. The third kappa shape index (κ3) is 4.28. The Bertz CT molecular complexity index is 964. The van der Waals surface area contributed by atoms with E-state index in [4.69, 9.17) is 11.6 Å². The van der Waals surface area contributed by atoms with Crippen LogP contribution in [-0.2, 0) is 15.4 Å². The van der Waals surface area contributed by atoms with Crippen LogP contribution in [0.1, 0.15) is 43.1 Å². The largest absolute Gasteiger partial charge is 0.321 e. The van der Waals surface area contributed by atoms with E-state index in [1.807, 2.05) is 12.1 Å². The van der Waals surface area contributed by atoms with Crippen LogP contribution in [-0.4, -0.2) is 26.6 Å². The number of amides is 1. The van der Waals surface area contributed by atoms with Gasteiger partial charge in [0.15, 0.2) is 0 Å². The average molecular weight is 407 g/mol. The van der Waals surface area contributed by atoms with Gasteiger partial charge in [0, 0.05) is 12.1 Å².